The summed E-state index contributed by atoms with van der Waals surface area (Å²) in [6, 6.07) is 5.51. The van der Waals surface area contributed by atoms with Gasteiger partial charge in [-0.2, -0.15) is 0 Å². The minimum absolute atomic E-state index is 0.0357. The van der Waals surface area contributed by atoms with Crippen molar-refractivity contribution in [2.24, 2.45) is 0 Å². The van der Waals surface area contributed by atoms with E-state index in [1.165, 1.54) is 0 Å². The predicted octanol–water partition coefficient (Wildman–Crippen LogP) is 2.61. The van der Waals surface area contributed by atoms with Crippen LogP contribution in [0.15, 0.2) is 27.1 Å². The van der Waals surface area contributed by atoms with Gasteiger partial charge in [-0.05, 0) is 18.2 Å². The molecule has 0 aliphatic rings. The zero-order valence-corrected chi connectivity index (χ0v) is 9.32. The lowest BCUT2D eigenvalue weighted by molar-refractivity contribution is -0.137. The molecular weight excluding hydrogens is 262 g/mol. The minimum atomic E-state index is -0.849. The van der Waals surface area contributed by atoms with Crippen LogP contribution in [0.2, 0.25) is 0 Å². The number of oxazole rings is 1. The highest BCUT2D eigenvalue weighted by molar-refractivity contribution is 9.10. The van der Waals surface area contributed by atoms with E-state index in [-0.39, 0.29) is 6.42 Å². The van der Waals surface area contributed by atoms with Gasteiger partial charge in [0.15, 0.2) is 11.5 Å². The van der Waals surface area contributed by atoms with E-state index in [1.807, 2.05) is 18.2 Å². The smallest absolute Gasteiger partial charge is 0.303 e. The highest BCUT2D eigenvalue weighted by Gasteiger charge is 2.07. The molecule has 0 aliphatic carbocycles. The van der Waals surface area contributed by atoms with Crippen molar-refractivity contribution in [3.63, 3.8) is 0 Å². The summed E-state index contributed by atoms with van der Waals surface area (Å²) in [5.74, 6) is -0.385. The Hall–Kier alpha value is -1.36. The van der Waals surface area contributed by atoms with Gasteiger partial charge in [0.25, 0.3) is 0 Å². The molecular formula is C10H8BrNO3. The highest BCUT2D eigenvalue weighted by Crippen LogP contribution is 2.20. The molecule has 5 heteroatoms. The summed E-state index contributed by atoms with van der Waals surface area (Å²) < 4.78 is 6.31. The van der Waals surface area contributed by atoms with Crippen LogP contribution >= 0.6 is 15.9 Å². The number of carboxylic acid groups (broad SMARTS) is 1. The summed E-state index contributed by atoms with van der Waals surface area (Å²) in [6.07, 6.45) is 0.357. The molecule has 0 atom stereocenters. The Labute approximate surface area is 94.0 Å². The maximum absolute atomic E-state index is 10.4. The van der Waals surface area contributed by atoms with Gasteiger partial charge in [0, 0.05) is 10.9 Å². The second-order valence-corrected chi connectivity index (χ2v) is 4.03. The molecule has 0 saturated heterocycles. The van der Waals surface area contributed by atoms with Crippen molar-refractivity contribution < 1.29 is 14.3 Å². The maximum Gasteiger partial charge on any atom is 0.303 e. The van der Waals surface area contributed by atoms with E-state index in [9.17, 15) is 4.79 Å². The Morgan fingerprint density at radius 2 is 2.33 bits per heavy atom. The van der Waals surface area contributed by atoms with E-state index < -0.39 is 5.97 Å². The molecule has 0 fully saturated rings. The van der Waals surface area contributed by atoms with E-state index in [1.54, 1.807) is 0 Å². The van der Waals surface area contributed by atoms with Crippen LogP contribution < -0.4 is 0 Å². The van der Waals surface area contributed by atoms with Gasteiger partial charge in [0.1, 0.15) is 5.52 Å². The average molecular weight is 270 g/mol. The van der Waals surface area contributed by atoms with E-state index in [0.29, 0.717) is 17.9 Å². The first kappa shape index (κ1) is 10.2. The van der Waals surface area contributed by atoms with Gasteiger partial charge in [-0.15, -0.1) is 0 Å². The van der Waals surface area contributed by atoms with Gasteiger partial charge in [0.2, 0.25) is 0 Å². The van der Waals surface area contributed by atoms with Crippen molar-refractivity contribution in [1.82, 2.24) is 4.98 Å². The van der Waals surface area contributed by atoms with Gasteiger partial charge in [-0.25, -0.2) is 4.98 Å². The van der Waals surface area contributed by atoms with Gasteiger partial charge in [-0.3, -0.25) is 4.79 Å². The van der Waals surface area contributed by atoms with Crippen molar-refractivity contribution in [3.05, 3.63) is 28.6 Å². The second kappa shape index (κ2) is 4.02. The number of nitrogens with zero attached hydrogens (tertiary/aromatic N) is 1. The fraction of sp³-hybridized carbons (Fsp3) is 0.200. The first-order valence-corrected chi connectivity index (χ1v) is 5.21. The largest absolute Gasteiger partial charge is 0.481 e. The molecule has 0 unspecified atom stereocenters. The molecule has 1 heterocycles. The molecule has 0 saturated carbocycles. The first-order chi connectivity index (χ1) is 7.15. The van der Waals surface area contributed by atoms with Crippen LogP contribution in [0.4, 0.5) is 0 Å². The molecule has 0 amide bonds. The summed E-state index contributed by atoms with van der Waals surface area (Å²) in [7, 11) is 0. The van der Waals surface area contributed by atoms with Crippen molar-refractivity contribution in [1.29, 1.82) is 0 Å². The number of carboxylic acids is 1. The lowest BCUT2D eigenvalue weighted by atomic mass is 10.3. The first-order valence-electron chi connectivity index (χ1n) is 4.42. The van der Waals surface area contributed by atoms with Gasteiger partial charge in [0.05, 0.1) is 6.42 Å². The van der Waals surface area contributed by atoms with E-state index >= 15 is 0 Å². The van der Waals surface area contributed by atoms with Crippen LogP contribution in [0, 0.1) is 0 Å². The molecule has 2 rings (SSSR count). The number of aliphatic carboxylic acids is 1. The lowest BCUT2D eigenvalue weighted by Gasteiger charge is -1.88. The standard InChI is InChI=1S/C10H8BrNO3/c11-6-1-2-7-8(5-6)15-9(12-7)3-4-10(13)14/h1-2,5H,3-4H2,(H,13,14). The number of hydrogen-bond acceptors (Lipinski definition) is 3. The quantitative estimate of drug-likeness (QED) is 0.931. The van der Waals surface area contributed by atoms with Crippen LogP contribution in [0.5, 0.6) is 0 Å². The summed E-state index contributed by atoms with van der Waals surface area (Å²) in [5.41, 5.74) is 1.42. The summed E-state index contributed by atoms with van der Waals surface area (Å²) in [5, 5.41) is 8.52. The third-order valence-corrected chi connectivity index (χ3v) is 2.44. The SMILES string of the molecule is O=C(O)CCc1nc2ccc(Br)cc2o1. The Bertz CT molecular complexity index is 506. The van der Waals surface area contributed by atoms with Crippen LogP contribution in [-0.2, 0) is 11.2 Å². The Kier molecular flexibility index (Phi) is 2.73. The molecule has 1 N–H and O–H groups in total. The average Bonchev–Trinajstić information content (AvgIpc) is 2.56. The maximum atomic E-state index is 10.4. The van der Waals surface area contributed by atoms with Crippen LogP contribution in [0.3, 0.4) is 0 Å². The van der Waals surface area contributed by atoms with Crippen molar-refractivity contribution in [2.75, 3.05) is 0 Å². The van der Waals surface area contributed by atoms with Crippen LogP contribution in [0.1, 0.15) is 12.3 Å². The number of fused-ring (bicyclic) bond motifs is 1. The molecule has 4 nitrogen and oxygen atoms in total. The van der Waals surface area contributed by atoms with E-state index in [0.717, 1.165) is 9.99 Å². The molecule has 15 heavy (non-hydrogen) atoms. The van der Waals surface area contributed by atoms with E-state index in [4.69, 9.17) is 9.52 Å². The predicted molar refractivity (Wildman–Crippen MR) is 57.7 cm³/mol. The number of carbonyl (C=O) groups is 1. The Morgan fingerprint density at radius 3 is 3.07 bits per heavy atom. The van der Waals surface area contributed by atoms with Crippen molar-refractivity contribution in [3.8, 4) is 0 Å². The molecule has 0 radical (unpaired) electrons. The van der Waals surface area contributed by atoms with E-state index in [2.05, 4.69) is 20.9 Å². The number of aromatic nitrogens is 1. The van der Waals surface area contributed by atoms with Crippen molar-refractivity contribution >= 4 is 33.0 Å². The zero-order valence-electron chi connectivity index (χ0n) is 7.74. The fourth-order valence-electron chi connectivity index (χ4n) is 1.27. The molecule has 1 aromatic heterocycles. The molecule has 0 spiro atoms. The molecule has 78 valence electrons. The molecule has 0 bridgehead atoms. The Morgan fingerprint density at radius 1 is 1.53 bits per heavy atom. The van der Waals surface area contributed by atoms with Gasteiger partial charge in [-0.1, -0.05) is 15.9 Å². The third-order valence-electron chi connectivity index (χ3n) is 1.95. The number of hydrogen-bond donors (Lipinski definition) is 1. The summed E-state index contributed by atoms with van der Waals surface area (Å²) in [4.78, 5) is 14.5. The Balaban J connectivity index is 2.27. The monoisotopic (exact) mass is 269 g/mol. The zero-order chi connectivity index (χ0) is 10.8. The van der Waals surface area contributed by atoms with Gasteiger partial charge >= 0.3 is 5.97 Å². The van der Waals surface area contributed by atoms with Crippen LogP contribution in [0.25, 0.3) is 11.1 Å². The molecule has 2 aromatic rings. The third kappa shape index (κ3) is 2.36. The fourth-order valence-corrected chi connectivity index (χ4v) is 1.61. The number of aryl methyl sites for hydroxylation is 1. The highest BCUT2D eigenvalue weighted by atomic mass is 79.9. The van der Waals surface area contributed by atoms with Crippen molar-refractivity contribution in [2.45, 2.75) is 12.8 Å². The normalized spacial score (nSPS) is 10.7. The molecule has 1 aromatic carbocycles. The van der Waals surface area contributed by atoms with Gasteiger partial charge < -0.3 is 9.52 Å². The molecule has 0 aliphatic heterocycles. The van der Waals surface area contributed by atoms with Crippen LogP contribution in [-0.4, -0.2) is 16.1 Å². The second-order valence-electron chi connectivity index (χ2n) is 3.11. The number of halogens is 1. The number of benzene rings is 1. The topological polar surface area (TPSA) is 63.3 Å². The lowest BCUT2D eigenvalue weighted by Crippen LogP contribution is -1.97. The number of rotatable bonds is 3. The summed E-state index contributed by atoms with van der Waals surface area (Å²) >= 11 is 3.32. The minimum Gasteiger partial charge on any atom is -0.481 e. The summed E-state index contributed by atoms with van der Waals surface area (Å²) in [6.45, 7) is 0.